The number of cyclic esters (lactones) is 1. The van der Waals surface area contributed by atoms with E-state index in [1.807, 2.05) is 0 Å². The highest BCUT2D eigenvalue weighted by Crippen LogP contribution is 2.34. The number of anilines is 2. The first kappa shape index (κ1) is 24.1. The summed E-state index contributed by atoms with van der Waals surface area (Å²) in [6.45, 7) is 3.03. The summed E-state index contributed by atoms with van der Waals surface area (Å²) in [4.78, 5) is 37.4. The van der Waals surface area contributed by atoms with E-state index in [1.165, 1.54) is 43.0 Å². The highest BCUT2D eigenvalue weighted by Gasteiger charge is 2.33. The molecule has 0 spiro atoms. The fourth-order valence-corrected chi connectivity index (χ4v) is 3.84. The molecule has 2 N–H and O–H groups in total. The van der Waals surface area contributed by atoms with Gasteiger partial charge in [-0.1, -0.05) is 22.8 Å². The highest BCUT2D eigenvalue weighted by molar-refractivity contribution is 6.33. The number of hydrogen-bond donors (Lipinski definition) is 2. The number of halogens is 3. The first-order valence-electron chi connectivity index (χ1n) is 10.4. The van der Waals surface area contributed by atoms with E-state index in [4.69, 9.17) is 20.9 Å². The van der Waals surface area contributed by atoms with Crippen LogP contribution in [0, 0.1) is 18.6 Å². The van der Waals surface area contributed by atoms with E-state index in [9.17, 15) is 23.2 Å². The maximum Gasteiger partial charge on any atom is 0.414 e. The Morgan fingerprint density at radius 1 is 1.23 bits per heavy atom. The van der Waals surface area contributed by atoms with Crippen molar-refractivity contribution in [2.45, 2.75) is 20.0 Å². The van der Waals surface area contributed by atoms with Gasteiger partial charge in [-0.2, -0.15) is 0 Å². The summed E-state index contributed by atoms with van der Waals surface area (Å²) in [5.41, 5.74) is -0.328. The number of rotatable bonds is 6. The van der Waals surface area contributed by atoms with Crippen molar-refractivity contribution in [1.29, 1.82) is 0 Å². The third kappa shape index (κ3) is 4.94. The molecule has 0 saturated carbocycles. The van der Waals surface area contributed by atoms with Gasteiger partial charge in [-0.25, -0.2) is 13.6 Å². The third-order valence-electron chi connectivity index (χ3n) is 5.25. The summed E-state index contributed by atoms with van der Waals surface area (Å²) >= 11 is 6.10. The van der Waals surface area contributed by atoms with Crippen LogP contribution in [-0.4, -0.2) is 42.3 Å². The number of ether oxygens (including phenoxy) is 1. The van der Waals surface area contributed by atoms with E-state index < -0.39 is 29.7 Å². The fourth-order valence-electron chi connectivity index (χ4n) is 3.59. The molecule has 1 aliphatic rings. The molecular formula is C23H19ClF2N4O5. The number of aromatic nitrogens is 1. The van der Waals surface area contributed by atoms with Crippen LogP contribution in [-0.2, 0) is 9.53 Å². The number of carbonyl (C=O) groups is 3. The molecule has 0 unspecified atom stereocenters. The fraction of sp³-hybridized carbons (Fsp3) is 0.217. The van der Waals surface area contributed by atoms with Crippen molar-refractivity contribution in [2.24, 2.45) is 0 Å². The zero-order valence-corrected chi connectivity index (χ0v) is 19.3. The van der Waals surface area contributed by atoms with Crippen molar-refractivity contribution < 1.29 is 32.4 Å². The molecular weight excluding hydrogens is 486 g/mol. The quantitative estimate of drug-likeness (QED) is 0.517. The normalized spacial score (nSPS) is 15.2. The molecule has 12 heteroatoms. The lowest BCUT2D eigenvalue weighted by Gasteiger charge is -2.15. The Hall–Kier alpha value is -3.99. The van der Waals surface area contributed by atoms with Gasteiger partial charge in [0.25, 0.3) is 5.91 Å². The maximum atomic E-state index is 14.9. The number of nitrogens with one attached hydrogen (secondary N) is 2. The summed E-state index contributed by atoms with van der Waals surface area (Å²) in [6, 6.07) is 7.77. The largest absolute Gasteiger partial charge is 0.442 e. The number of aryl methyl sites for hydroxylation is 1. The standard InChI is InChI=1S/C23H19ClF2N4O5/c1-11-19(21(29-35-11)20-15(24)4-3-5-16(20)25)22(32)28-18-7-6-13(8-17(18)26)30-10-14(34-23(30)33)9-27-12(2)31/h3-8,14H,9-10H2,1-2H3,(H,27,31)(H,28,32)/t14-/m0/s1. The van der Waals surface area contributed by atoms with E-state index in [0.717, 1.165) is 12.1 Å². The van der Waals surface area contributed by atoms with Crippen LogP contribution in [0.1, 0.15) is 23.0 Å². The number of hydrogen-bond acceptors (Lipinski definition) is 6. The van der Waals surface area contributed by atoms with E-state index >= 15 is 0 Å². The van der Waals surface area contributed by atoms with Crippen LogP contribution >= 0.6 is 11.6 Å². The van der Waals surface area contributed by atoms with Crippen LogP contribution in [0.3, 0.4) is 0 Å². The maximum absolute atomic E-state index is 14.9. The smallest absolute Gasteiger partial charge is 0.414 e. The second-order valence-electron chi connectivity index (χ2n) is 7.73. The van der Waals surface area contributed by atoms with Gasteiger partial charge >= 0.3 is 6.09 Å². The van der Waals surface area contributed by atoms with E-state index in [2.05, 4.69) is 15.8 Å². The Morgan fingerprint density at radius 2 is 2.00 bits per heavy atom. The summed E-state index contributed by atoms with van der Waals surface area (Å²) < 4.78 is 39.5. The summed E-state index contributed by atoms with van der Waals surface area (Å²) in [6.07, 6.45) is -1.28. The Kier molecular flexibility index (Phi) is 6.70. The van der Waals surface area contributed by atoms with Crippen molar-refractivity contribution in [3.05, 3.63) is 64.4 Å². The Balaban J connectivity index is 1.54. The lowest BCUT2D eigenvalue weighted by atomic mass is 10.0. The van der Waals surface area contributed by atoms with E-state index in [1.54, 1.807) is 0 Å². The molecule has 2 heterocycles. The highest BCUT2D eigenvalue weighted by atomic mass is 35.5. The second kappa shape index (κ2) is 9.71. The monoisotopic (exact) mass is 504 g/mol. The molecule has 4 rings (SSSR count). The van der Waals surface area contributed by atoms with Gasteiger partial charge in [0.05, 0.1) is 35.1 Å². The second-order valence-corrected chi connectivity index (χ2v) is 8.14. The lowest BCUT2D eigenvalue weighted by molar-refractivity contribution is -0.119. The SMILES string of the molecule is CC(=O)NC[C@H]1CN(c2ccc(NC(=O)c3c(-c4c(F)cccc4Cl)noc3C)c(F)c2)C(=O)O1. The molecule has 3 aromatic rings. The van der Waals surface area contributed by atoms with E-state index in [0.29, 0.717) is 0 Å². The molecule has 182 valence electrons. The van der Waals surface area contributed by atoms with Crippen LogP contribution in [0.5, 0.6) is 0 Å². The molecule has 2 aromatic carbocycles. The first-order valence-corrected chi connectivity index (χ1v) is 10.8. The molecule has 1 atom stereocenters. The average molecular weight is 505 g/mol. The van der Waals surface area contributed by atoms with Crippen molar-refractivity contribution in [1.82, 2.24) is 10.5 Å². The van der Waals surface area contributed by atoms with Gasteiger partial charge in [0.2, 0.25) is 5.91 Å². The van der Waals surface area contributed by atoms with Crippen LogP contribution < -0.4 is 15.5 Å². The lowest BCUT2D eigenvalue weighted by Crippen LogP contribution is -2.33. The molecule has 1 aliphatic heterocycles. The minimum Gasteiger partial charge on any atom is -0.442 e. The van der Waals surface area contributed by atoms with Crippen molar-refractivity contribution in [3.63, 3.8) is 0 Å². The van der Waals surface area contributed by atoms with Crippen molar-refractivity contribution in [3.8, 4) is 11.3 Å². The van der Waals surface area contributed by atoms with Gasteiger partial charge in [-0.3, -0.25) is 14.5 Å². The molecule has 0 aliphatic carbocycles. The predicted molar refractivity (Wildman–Crippen MR) is 122 cm³/mol. The van der Waals surface area contributed by atoms with Crippen LogP contribution in [0.4, 0.5) is 25.0 Å². The zero-order valence-electron chi connectivity index (χ0n) is 18.5. The Morgan fingerprint density at radius 3 is 2.69 bits per heavy atom. The minimum absolute atomic E-state index is 0.0252. The Bertz CT molecular complexity index is 1310. The minimum atomic E-state index is -0.825. The number of amides is 3. The predicted octanol–water partition coefficient (Wildman–Crippen LogP) is 4.30. The summed E-state index contributed by atoms with van der Waals surface area (Å²) in [5, 5.41) is 8.75. The summed E-state index contributed by atoms with van der Waals surface area (Å²) in [7, 11) is 0. The summed E-state index contributed by atoms with van der Waals surface area (Å²) in [5.74, 6) is -2.51. The first-order chi connectivity index (χ1) is 16.7. The third-order valence-corrected chi connectivity index (χ3v) is 5.57. The van der Waals surface area contributed by atoms with Gasteiger partial charge in [0, 0.05) is 6.92 Å². The van der Waals surface area contributed by atoms with Gasteiger partial charge in [-0.05, 0) is 37.3 Å². The van der Waals surface area contributed by atoms with Gasteiger partial charge < -0.3 is 19.9 Å². The van der Waals surface area contributed by atoms with Crippen LogP contribution in [0.2, 0.25) is 5.02 Å². The number of nitrogens with zero attached hydrogens (tertiary/aromatic N) is 2. The molecule has 1 aromatic heterocycles. The zero-order chi connectivity index (χ0) is 25.3. The van der Waals surface area contributed by atoms with E-state index in [-0.39, 0.29) is 58.0 Å². The van der Waals surface area contributed by atoms with Crippen LogP contribution in [0.25, 0.3) is 11.3 Å². The van der Waals surface area contributed by atoms with Crippen LogP contribution in [0.15, 0.2) is 40.9 Å². The molecule has 35 heavy (non-hydrogen) atoms. The number of carbonyl (C=O) groups excluding carboxylic acids is 3. The molecule has 0 bridgehead atoms. The molecule has 1 saturated heterocycles. The topological polar surface area (TPSA) is 114 Å². The average Bonchev–Trinajstić information content (AvgIpc) is 3.36. The van der Waals surface area contributed by atoms with Gasteiger partial charge in [-0.15, -0.1) is 0 Å². The molecule has 1 fully saturated rings. The number of benzene rings is 2. The Labute approximate surface area is 203 Å². The van der Waals surface area contributed by atoms with Gasteiger partial charge in [0.1, 0.15) is 34.8 Å². The van der Waals surface area contributed by atoms with Crippen molar-refractivity contribution in [2.75, 3.05) is 23.3 Å². The molecule has 9 nitrogen and oxygen atoms in total. The van der Waals surface area contributed by atoms with Gasteiger partial charge in [0.15, 0.2) is 0 Å². The molecule has 3 amide bonds. The molecule has 0 radical (unpaired) electrons. The van der Waals surface area contributed by atoms with Crippen molar-refractivity contribution >= 4 is 40.9 Å².